The lowest BCUT2D eigenvalue weighted by atomic mass is 9.95. The average Bonchev–Trinajstić information content (AvgIpc) is 3.01. The molecule has 0 aliphatic rings. The maximum Gasteiger partial charge on any atom is 0.338 e. The number of carbonyl (C=O) groups excluding carboxylic acids is 2. The van der Waals surface area contributed by atoms with E-state index in [2.05, 4.69) is 93.6 Å². The van der Waals surface area contributed by atoms with E-state index in [9.17, 15) is 9.59 Å². The molecule has 45 heavy (non-hydrogen) atoms. The van der Waals surface area contributed by atoms with E-state index in [1.165, 1.54) is 10.4 Å². The average molecular weight is 645 g/mol. The molecular weight excluding hydrogens is 596 g/mol. The summed E-state index contributed by atoms with van der Waals surface area (Å²) in [6.45, 7) is 13.6. The van der Waals surface area contributed by atoms with Gasteiger partial charge in [-0.25, -0.2) is 4.79 Å². The molecule has 3 rings (SSSR count). The molecule has 0 saturated heterocycles. The van der Waals surface area contributed by atoms with E-state index < -0.39 is 14.3 Å². The number of esters is 1. The largest absolute Gasteiger partial charge is 0.462 e. The Bertz CT molecular complexity index is 1420. The maximum atomic E-state index is 12.8. The summed E-state index contributed by atoms with van der Waals surface area (Å²) in [5.41, 5.74) is 2.56. The summed E-state index contributed by atoms with van der Waals surface area (Å²) in [7, 11) is -2.50. The number of benzene rings is 3. The zero-order valence-corrected chi connectivity index (χ0v) is 29.6. The molecule has 0 aliphatic heterocycles. The van der Waals surface area contributed by atoms with Crippen LogP contribution in [-0.4, -0.2) is 33.3 Å². The topological polar surface area (TPSA) is 52.6 Å². The van der Waals surface area contributed by atoms with Crippen LogP contribution in [-0.2, 0) is 20.4 Å². The number of hydrogen-bond acceptors (Lipinski definition) is 4. The van der Waals surface area contributed by atoms with Gasteiger partial charge in [0.25, 0.3) is 8.32 Å². The molecule has 0 saturated carbocycles. The van der Waals surface area contributed by atoms with Gasteiger partial charge in [-0.3, -0.25) is 4.79 Å². The Hall–Kier alpha value is -3.25. The van der Waals surface area contributed by atoms with E-state index in [0.29, 0.717) is 29.4 Å². The summed E-state index contributed by atoms with van der Waals surface area (Å²) in [4.78, 5) is 25.5. The van der Waals surface area contributed by atoms with Crippen LogP contribution in [0.15, 0.2) is 91.0 Å². The predicted molar refractivity (Wildman–Crippen MR) is 191 cm³/mol. The highest BCUT2D eigenvalue weighted by molar-refractivity contribution is 6.99. The first-order valence-corrected chi connectivity index (χ1v) is 18.4. The number of halogens is 1. The molecule has 0 spiro atoms. The second-order valence-corrected chi connectivity index (χ2v) is 17.2. The van der Waals surface area contributed by atoms with Gasteiger partial charge in [0.15, 0.2) is 5.78 Å². The second kappa shape index (κ2) is 17.4. The number of aryl methyl sites for hydroxylation is 2. The van der Waals surface area contributed by atoms with Crippen LogP contribution in [0.25, 0.3) is 0 Å². The minimum absolute atomic E-state index is 0.0290. The fourth-order valence-electron chi connectivity index (χ4n) is 5.83. The summed E-state index contributed by atoms with van der Waals surface area (Å²) >= 11 is 6.56. The van der Waals surface area contributed by atoms with Gasteiger partial charge in [0, 0.05) is 18.1 Å². The van der Waals surface area contributed by atoms with E-state index in [1.54, 1.807) is 6.08 Å². The molecule has 3 aromatic carbocycles. The van der Waals surface area contributed by atoms with Crippen molar-refractivity contribution in [2.75, 3.05) is 13.2 Å². The molecule has 0 atom stereocenters. The van der Waals surface area contributed by atoms with Crippen molar-refractivity contribution in [1.82, 2.24) is 0 Å². The van der Waals surface area contributed by atoms with Crippen LogP contribution in [0.3, 0.4) is 0 Å². The van der Waals surface area contributed by atoms with Gasteiger partial charge >= 0.3 is 5.97 Å². The third-order valence-corrected chi connectivity index (χ3v) is 13.5. The van der Waals surface area contributed by atoms with E-state index in [0.717, 1.165) is 43.2 Å². The number of allylic oxidation sites excluding steroid dienone is 4. The first-order chi connectivity index (χ1) is 21.5. The third kappa shape index (κ3) is 9.62. The van der Waals surface area contributed by atoms with E-state index in [1.807, 2.05) is 32.9 Å². The zero-order chi connectivity index (χ0) is 32.9. The van der Waals surface area contributed by atoms with Crippen LogP contribution in [0.1, 0.15) is 86.8 Å². The Labute approximate surface area is 276 Å². The SMILES string of the molecule is CCCOC(=O)c1c(C)cc(C)c(Cl)c1CC(=O)/C=C/CC/C=C/CCCO[Si](c1ccccc1)(c1ccccc1)C(C)(C)C. The Morgan fingerprint density at radius 2 is 1.40 bits per heavy atom. The van der Waals surface area contributed by atoms with Crippen LogP contribution in [0, 0.1) is 13.8 Å². The molecule has 0 radical (unpaired) electrons. The Morgan fingerprint density at radius 3 is 1.98 bits per heavy atom. The standard InChI is InChI=1S/C39H49ClO4Si/c1-7-26-43-38(42)36-30(2)28-31(3)37(40)35(36)29-32(41)21-15-11-9-8-10-12-20-27-44-45(39(4,5)6,33-22-16-13-17-23-33)34-24-18-14-19-25-34/h8,10,13-19,21-25,28H,7,9,11-12,20,26-27,29H2,1-6H3/b10-8+,21-15+. The summed E-state index contributed by atoms with van der Waals surface area (Å²) in [5.74, 6) is -0.513. The van der Waals surface area contributed by atoms with Crippen LogP contribution in [0.2, 0.25) is 10.1 Å². The summed E-state index contributed by atoms with van der Waals surface area (Å²) < 4.78 is 12.3. The molecule has 0 N–H and O–H groups in total. The lowest BCUT2D eigenvalue weighted by Gasteiger charge is -2.43. The summed E-state index contributed by atoms with van der Waals surface area (Å²) in [5, 5.41) is 3.02. The lowest BCUT2D eigenvalue weighted by Crippen LogP contribution is -2.66. The quantitative estimate of drug-likeness (QED) is 0.0514. The number of unbranched alkanes of at least 4 members (excludes halogenated alkanes) is 2. The predicted octanol–water partition coefficient (Wildman–Crippen LogP) is 8.88. The summed E-state index contributed by atoms with van der Waals surface area (Å²) in [6, 6.07) is 23.3. The van der Waals surface area contributed by atoms with Crippen molar-refractivity contribution in [1.29, 1.82) is 0 Å². The third-order valence-electron chi connectivity index (χ3n) is 7.95. The van der Waals surface area contributed by atoms with Gasteiger partial charge in [-0.2, -0.15) is 0 Å². The minimum Gasteiger partial charge on any atom is -0.462 e. The van der Waals surface area contributed by atoms with Gasteiger partial charge < -0.3 is 9.16 Å². The van der Waals surface area contributed by atoms with Crippen LogP contribution >= 0.6 is 11.6 Å². The van der Waals surface area contributed by atoms with E-state index in [4.69, 9.17) is 20.8 Å². The second-order valence-electron chi connectivity index (χ2n) is 12.6. The highest BCUT2D eigenvalue weighted by atomic mass is 35.5. The highest BCUT2D eigenvalue weighted by Gasteiger charge is 2.49. The van der Waals surface area contributed by atoms with Crippen molar-refractivity contribution in [3.05, 3.63) is 118 Å². The van der Waals surface area contributed by atoms with Crippen molar-refractivity contribution in [3.63, 3.8) is 0 Å². The minimum atomic E-state index is -2.50. The summed E-state index contributed by atoms with van der Waals surface area (Å²) in [6.07, 6.45) is 12.1. The smallest absolute Gasteiger partial charge is 0.338 e. The zero-order valence-electron chi connectivity index (χ0n) is 27.8. The molecule has 0 unspecified atom stereocenters. The van der Waals surface area contributed by atoms with Crippen molar-refractivity contribution in [2.24, 2.45) is 0 Å². The molecular formula is C39H49ClO4Si. The van der Waals surface area contributed by atoms with Gasteiger partial charge in [-0.15, -0.1) is 0 Å². The molecule has 0 heterocycles. The lowest BCUT2D eigenvalue weighted by molar-refractivity contribution is -0.114. The monoisotopic (exact) mass is 644 g/mol. The van der Waals surface area contributed by atoms with Crippen LogP contribution in [0.4, 0.5) is 0 Å². The molecule has 0 aromatic heterocycles. The van der Waals surface area contributed by atoms with Crippen molar-refractivity contribution in [3.8, 4) is 0 Å². The number of hydrogen-bond donors (Lipinski definition) is 0. The molecule has 0 bridgehead atoms. The number of carbonyl (C=O) groups is 2. The van der Waals surface area contributed by atoms with Crippen molar-refractivity contribution < 1.29 is 18.8 Å². The van der Waals surface area contributed by atoms with Gasteiger partial charge in [-0.1, -0.05) is 124 Å². The van der Waals surface area contributed by atoms with Crippen molar-refractivity contribution in [2.45, 2.75) is 85.1 Å². The Kier molecular flexibility index (Phi) is 14.0. The van der Waals surface area contributed by atoms with Crippen LogP contribution in [0.5, 0.6) is 0 Å². The van der Waals surface area contributed by atoms with Crippen molar-refractivity contribution >= 4 is 42.0 Å². The first kappa shape index (κ1) is 36.2. The molecule has 4 nitrogen and oxygen atoms in total. The molecule has 0 aliphatic carbocycles. The van der Waals surface area contributed by atoms with Gasteiger partial charge in [-0.05, 0) is 84.1 Å². The fraction of sp³-hybridized carbons (Fsp3) is 0.385. The van der Waals surface area contributed by atoms with E-state index >= 15 is 0 Å². The highest BCUT2D eigenvalue weighted by Crippen LogP contribution is 2.37. The maximum absolute atomic E-state index is 12.8. The van der Waals surface area contributed by atoms with Gasteiger partial charge in [0.2, 0.25) is 0 Å². The molecule has 6 heteroatoms. The number of ether oxygens (including phenoxy) is 1. The van der Waals surface area contributed by atoms with Gasteiger partial charge in [0.05, 0.1) is 12.2 Å². The normalized spacial score (nSPS) is 12.2. The van der Waals surface area contributed by atoms with Gasteiger partial charge in [0.1, 0.15) is 0 Å². The fourth-order valence-corrected chi connectivity index (χ4v) is 10.6. The van der Waals surface area contributed by atoms with Crippen LogP contribution < -0.4 is 10.4 Å². The Morgan fingerprint density at radius 1 is 0.822 bits per heavy atom. The number of rotatable bonds is 16. The van der Waals surface area contributed by atoms with E-state index in [-0.39, 0.29) is 17.2 Å². The first-order valence-electron chi connectivity index (χ1n) is 16.1. The molecule has 240 valence electrons. The molecule has 0 amide bonds. The molecule has 0 fully saturated rings. The molecule has 3 aromatic rings. The number of ketones is 1. The Balaban J connectivity index is 1.53.